The molecule has 0 radical (unpaired) electrons. The summed E-state index contributed by atoms with van der Waals surface area (Å²) in [7, 11) is 0. The van der Waals surface area contributed by atoms with Gasteiger partial charge in [0.05, 0.1) is 0 Å². The Hall–Kier alpha value is -0.920. The first-order valence-electron chi connectivity index (χ1n) is 8.13. The first-order valence-corrected chi connectivity index (χ1v) is 8.13. The van der Waals surface area contributed by atoms with Gasteiger partial charge in [-0.3, -0.25) is 0 Å². The maximum Gasteiger partial charge on any atom is 0.129 e. The molecule has 0 nitrogen and oxygen atoms in total. The largest absolute Gasteiger partial charge is 0.207 e. The predicted octanol–water partition coefficient (Wildman–Crippen LogP) is 5.99. The Balaban J connectivity index is 2.00. The fourth-order valence-electron chi connectivity index (χ4n) is 3.47. The molecule has 1 aliphatic rings. The monoisotopic (exact) mass is 280 g/mol. The standard InChI is InChI=1S/C18H26F2/c1-3-5-6-13-7-9-14(10-8-13)15-11-17(19)16(4-2)18(20)12-15/h11-14H,3-10H2,1-2H3/t13-,14-. The van der Waals surface area contributed by atoms with E-state index in [-0.39, 0.29) is 17.2 Å². The molecule has 2 rings (SSSR count). The third kappa shape index (κ3) is 3.59. The number of rotatable bonds is 5. The van der Waals surface area contributed by atoms with Crippen molar-refractivity contribution < 1.29 is 8.78 Å². The van der Waals surface area contributed by atoms with Crippen molar-refractivity contribution in [3.05, 3.63) is 34.9 Å². The minimum Gasteiger partial charge on any atom is -0.207 e. The molecular weight excluding hydrogens is 254 g/mol. The Bertz CT molecular complexity index is 408. The molecule has 0 atom stereocenters. The van der Waals surface area contributed by atoms with Crippen molar-refractivity contribution in [1.29, 1.82) is 0 Å². The van der Waals surface area contributed by atoms with E-state index in [9.17, 15) is 8.78 Å². The van der Waals surface area contributed by atoms with Gasteiger partial charge in [0.25, 0.3) is 0 Å². The van der Waals surface area contributed by atoms with E-state index >= 15 is 0 Å². The normalized spacial score (nSPS) is 23.0. The van der Waals surface area contributed by atoms with Crippen LogP contribution in [0.15, 0.2) is 12.1 Å². The van der Waals surface area contributed by atoms with Crippen LogP contribution < -0.4 is 0 Å². The van der Waals surface area contributed by atoms with Gasteiger partial charge in [0.15, 0.2) is 0 Å². The van der Waals surface area contributed by atoms with Crippen LogP contribution in [0.1, 0.15) is 75.8 Å². The fraction of sp³-hybridized carbons (Fsp3) is 0.667. The van der Waals surface area contributed by atoms with E-state index < -0.39 is 0 Å². The molecule has 0 saturated heterocycles. The van der Waals surface area contributed by atoms with Crippen molar-refractivity contribution in [3.63, 3.8) is 0 Å². The number of hydrogen-bond acceptors (Lipinski definition) is 0. The zero-order valence-electron chi connectivity index (χ0n) is 12.7. The van der Waals surface area contributed by atoms with Gasteiger partial charge in [-0.1, -0.05) is 33.1 Å². The van der Waals surface area contributed by atoms with Gasteiger partial charge < -0.3 is 0 Å². The lowest BCUT2D eigenvalue weighted by molar-refractivity contribution is 0.303. The lowest BCUT2D eigenvalue weighted by Crippen LogP contribution is -2.14. The molecule has 2 heteroatoms. The quantitative estimate of drug-likeness (QED) is 0.621. The van der Waals surface area contributed by atoms with E-state index in [1.165, 1.54) is 32.1 Å². The molecular formula is C18H26F2. The maximum atomic E-state index is 13.9. The molecule has 0 unspecified atom stereocenters. The van der Waals surface area contributed by atoms with Crippen LogP contribution >= 0.6 is 0 Å². The van der Waals surface area contributed by atoms with Gasteiger partial charge in [0, 0.05) is 5.56 Å². The molecule has 0 aromatic heterocycles. The summed E-state index contributed by atoms with van der Waals surface area (Å²) in [5, 5.41) is 0. The Kier molecular flexibility index (Phi) is 5.56. The van der Waals surface area contributed by atoms with Crippen molar-refractivity contribution in [3.8, 4) is 0 Å². The van der Waals surface area contributed by atoms with Crippen molar-refractivity contribution in [2.24, 2.45) is 5.92 Å². The van der Waals surface area contributed by atoms with E-state index in [1.54, 1.807) is 19.1 Å². The topological polar surface area (TPSA) is 0 Å². The summed E-state index contributed by atoms with van der Waals surface area (Å²) in [6.45, 7) is 4.02. The highest BCUT2D eigenvalue weighted by Gasteiger charge is 2.23. The van der Waals surface area contributed by atoms with Gasteiger partial charge in [0.2, 0.25) is 0 Å². The average Bonchev–Trinajstić information content (AvgIpc) is 2.45. The number of benzene rings is 1. The van der Waals surface area contributed by atoms with Crippen LogP contribution in [0.4, 0.5) is 8.78 Å². The lowest BCUT2D eigenvalue weighted by atomic mass is 9.77. The summed E-state index contributed by atoms with van der Waals surface area (Å²) in [5.41, 5.74) is 1.09. The molecule has 0 amide bonds. The van der Waals surface area contributed by atoms with E-state index in [0.717, 1.165) is 24.3 Å². The number of hydrogen-bond donors (Lipinski definition) is 0. The maximum absolute atomic E-state index is 13.9. The molecule has 1 saturated carbocycles. The van der Waals surface area contributed by atoms with E-state index in [0.29, 0.717) is 12.3 Å². The van der Waals surface area contributed by atoms with Crippen LogP contribution in [0.5, 0.6) is 0 Å². The summed E-state index contributed by atoms with van der Waals surface area (Å²) in [5.74, 6) is 0.449. The smallest absolute Gasteiger partial charge is 0.129 e. The van der Waals surface area contributed by atoms with Crippen molar-refractivity contribution in [2.45, 2.75) is 71.1 Å². The van der Waals surface area contributed by atoms with Crippen molar-refractivity contribution in [1.82, 2.24) is 0 Å². The lowest BCUT2D eigenvalue weighted by Gasteiger charge is -2.29. The van der Waals surface area contributed by atoms with Gasteiger partial charge in [-0.15, -0.1) is 0 Å². The number of unbranched alkanes of at least 4 members (excludes halogenated alkanes) is 1. The first kappa shape index (κ1) is 15.5. The Morgan fingerprint density at radius 3 is 2.10 bits per heavy atom. The van der Waals surface area contributed by atoms with Crippen LogP contribution in [0.25, 0.3) is 0 Å². The second kappa shape index (κ2) is 7.19. The van der Waals surface area contributed by atoms with Gasteiger partial charge in [-0.25, -0.2) is 8.78 Å². The van der Waals surface area contributed by atoms with Gasteiger partial charge in [-0.05, 0) is 61.6 Å². The molecule has 112 valence electrons. The van der Waals surface area contributed by atoms with Gasteiger partial charge in [-0.2, -0.15) is 0 Å². The summed E-state index contributed by atoms with van der Waals surface area (Å²) in [4.78, 5) is 0. The fourth-order valence-corrected chi connectivity index (χ4v) is 3.47. The van der Waals surface area contributed by atoms with E-state index in [1.807, 2.05) is 0 Å². The molecule has 1 fully saturated rings. The third-order valence-corrected chi connectivity index (χ3v) is 4.80. The molecule has 1 aliphatic carbocycles. The first-order chi connectivity index (χ1) is 9.65. The zero-order valence-corrected chi connectivity index (χ0v) is 12.7. The second-order valence-electron chi connectivity index (χ2n) is 6.18. The van der Waals surface area contributed by atoms with Crippen LogP contribution in [0, 0.1) is 17.6 Å². The van der Waals surface area contributed by atoms with Crippen molar-refractivity contribution in [2.75, 3.05) is 0 Å². The third-order valence-electron chi connectivity index (χ3n) is 4.80. The van der Waals surface area contributed by atoms with E-state index in [2.05, 4.69) is 6.92 Å². The van der Waals surface area contributed by atoms with E-state index in [4.69, 9.17) is 0 Å². The molecule has 0 heterocycles. The van der Waals surface area contributed by atoms with Crippen LogP contribution in [0.3, 0.4) is 0 Å². The van der Waals surface area contributed by atoms with Crippen LogP contribution in [-0.4, -0.2) is 0 Å². The minimum atomic E-state index is -0.365. The summed E-state index contributed by atoms with van der Waals surface area (Å²) in [6.07, 6.45) is 8.89. The zero-order chi connectivity index (χ0) is 14.5. The average molecular weight is 280 g/mol. The summed E-state index contributed by atoms with van der Waals surface area (Å²) >= 11 is 0. The molecule has 0 aliphatic heterocycles. The van der Waals surface area contributed by atoms with Crippen LogP contribution in [-0.2, 0) is 6.42 Å². The molecule has 0 spiro atoms. The highest BCUT2D eigenvalue weighted by atomic mass is 19.1. The Morgan fingerprint density at radius 2 is 1.60 bits per heavy atom. The summed E-state index contributed by atoms with van der Waals surface area (Å²) < 4.78 is 27.7. The molecule has 1 aromatic rings. The van der Waals surface area contributed by atoms with Gasteiger partial charge in [0.1, 0.15) is 11.6 Å². The minimum absolute atomic E-state index is 0.227. The van der Waals surface area contributed by atoms with Crippen LogP contribution in [0.2, 0.25) is 0 Å². The molecule has 1 aromatic carbocycles. The Labute approximate surface area is 121 Å². The Morgan fingerprint density at radius 1 is 1.00 bits per heavy atom. The number of halogens is 2. The second-order valence-corrected chi connectivity index (χ2v) is 6.18. The highest BCUT2D eigenvalue weighted by Crippen LogP contribution is 2.38. The molecule has 0 bridgehead atoms. The molecule has 0 N–H and O–H groups in total. The van der Waals surface area contributed by atoms with Gasteiger partial charge >= 0.3 is 0 Å². The molecule has 20 heavy (non-hydrogen) atoms. The van der Waals surface area contributed by atoms with Crippen molar-refractivity contribution >= 4 is 0 Å². The summed E-state index contributed by atoms with van der Waals surface area (Å²) in [6, 6.07) is 3.14. The predicted molar refractivity (Wildman–Crippen MR) is 80.0 cm³/mol. The SMILES string of the molecule is CCCC[C@H]1CC[C@H](c2cc(F)c(CC)c(F)c2)CC1. The highest BCUT2D eigenvalue weighted by molar-refractivity contribution is 5.29.